The van der Waals surface area contributed by atoms with Crippen molar-refractivity contribution in [1.29, 1.82) is 0 Å². The fraction of sp³-hybridized carbons (Fsp3) is 0.0303. The van der Waals surface area contributed by atoms with Crippen LogP contribution in [0.3, 0.4) is 0 Å². The van der Waals surface area contributed by atoms with Gasteiger partial charge >= 0.3 is 0 Å². The summed E-state index contributed by atoms with van der Waals surface area (Å²) in [7, 11) is 0. The van der Waals surface area contributed by atoms with Crippen molar-refractivity contribution in [2.24, 2.45) is 0 Å². The molecule has 1 aliphatic carbocycles. The molecule has 0 nitrogen and oxygen atoms in total. The Bertz CT molecular complexity index is 1780. The molecule has 0 aromatic heterocycles. The first-order valence-electron chi connectivity index (χ1n) is 11.6. The summed E-state index contributed by atoms with van der Waals surface area (Å²) in [5.41, 5.74) is 6.82. The van der Waals surface area contributed by atoms with Gasteiger partial charge in [0, 0.05) is 5.92 Å². The van der Waals surface area contributed by atoms with Gasteiger partial charge in [-0.05, 0) is 83.0 Å². The second kappa shape index (κ2) is 6.21. The van der Waals surface area contributed by atoms with Gasteiger partial charge in [-0.3, -0.25) is 0 Å². The van der Waals surface area contributed by atoms with E-state index in [2.05, 4.69) is 109 Å². The van der Waals surface area contributed by atoms with Crippen molar-refractivity contribution in [2.45, 2.75) is 5.92 Å². The Morgan fingerprint density at radius 2 is 1.12 bits per heavy atom. The number of fused-ring (bicyclic) bond motifs is 5. The lowest BCUT2D eigenvalue weighted by Gasteiger charge is -2.20. The van der Waals surface area contributed by atoms with Gasteiger partial charge in [0.25, 0.3) is 0 Å². The average Bonchev–Trinajstić information content (AvgIpc) is 3.21. The Morgan fingerprint density at radius 1 is 0.455 bits per heavy atom. The highest BCUT2D eigenvalue weighted by molar-refractivity contribution is 6.33. The first kappa shape index (κ1) is 17.4. The predicted octanol–water partition coefficient (Wildman–Crippen LogP) is 8.70. The summed E-state index contributed by atoms with van der Waals surface area (Å²) < 4.78 is 0. The van der Waals surface area contributed by atoms with E-state index < -0.39 is 0 Å². The van der Waals surface area contributed by atoms with Crippen molar-refractivity contribution in [3.63, 3.8) is 0 Å². The molecule has 1 atom stereocenters. The van der Waals surface area contributed by atoms with Crippen LogP contribution in [-0.2, 0) is 0 Å². The molecule has 1 unspecified atom stereocenters. The zero-order valence-electron chi connectivity index (χ0n) is 18.0. The van der Waals surface area contributed by atoms with Gasteiger partial charge in [0.1, 0.15) is 0 Å². The fourth-order valence-electron chi connectivity index (χ4n) is 6.34. The molecule has 7 aromatic rings. The summed E-state index contributed by atoms with van der Waals surface area (Å²) in [5, 5.41) is 10.8. The Labute approximate surface area is 192 Å². The molecule has 1 aliphatic rings. The van der Waals surface area contributed by atoms with E-state index in [0.29, 0.717) is 0 Å². The topological polar surface area (TPSA) is 0 Å². The van der Waals surface area contributed by atoms with Crippen LogP contribution >= 0.6 is 0 Å². The van der Waals surface area contributed by atoms with E-state index in [1.54, 1.807) is 0 Å². The van der Waals surface area contributed by atoms with Crippen molar-refractivity contribution in [1.82, 2.24) is 0 Å². The molecule has 0 spiro atoms. The van der Waals surface area contributed by atoms with Crippen molar-refractivity contribution < 1.29 is 0 Å². The maximum Gasteiger partial charge on any atom is 0.0358 e. The Hall–Kier alpha value is -4.16. The minimum Gasteiger partial charge on any atom is -0.0619 e. The SMILES string of the molecule is [c]1ccc2c(c1)C(c1ccc3c4cccc5cccc(c6cccc1c63)c54)c1ccccc1-2. The third-order valence-corrected chi connectivity index (χ3v) is 7.64. The van der Waals surface area contributed by atoms with E-state index in [0.717, 1.165) is 0 Å². The number of hydrogen-bond acceptors (Lipinski definition) is 0. The third kappa shape index (κ3) is 2.16. The predicted molar refractivity (Wildman–Crippen MR) is 139 cm³/mol. The van der Waals surface area contributed by atoms with Crippen LogP contribution in [0.1, 0.15) is 22.6 Å². The number of hydrogen-bond donors (Lipinski definition) is 0. The lowest BCUT2D eigenvalue weighted by molar-refractivity contribution is 1.03. The highest BCUT2D eigenvalue weighted by Gasteiger charge is 2.30. The van der Waals surface area contributed by atoms with Crippen LogP contribution < -0.4 is 0 Å². The van der Waals surface area contributed by atoms with Crippen LogP contribution in [0.4, 0.5) is 0 Å². The van der Waals surface area contributed by atoms with Gasteiger partial charge in [-0.1, -0.05) is 103 Å². The van der Waals surface area contributed by atoms with Gasteiger partial charge in [0.05, 0.1) is 0 Å². The Morgan fingerprint density at radius 3 is 1.97 bits per heavy atom. The summed E-state index contributed by atoms with van der Waals surface area (Å²) in [6.07, 6.45) is 0. The lowest BCUT2D eigenvalue weighted by atomic mass is 9.82. The van der Waals surface area contributed by atoms with Crippen LogP contribution in [0.15, 0.2) is 109 Å². The molecule has 0 N–H and O–H groups in total. The van der Waals surface area contributed by atoms with E-state index in [4.69, 9.17) is 0 Å². The highest BCUT2D eigenvalue weighted by Crippen LogP contribution is 2.50. The third-order valence-electron chi connectivity index (χ3n) is 7.64. The molecule has 8 rings (SSSR count). The number of benzene rings is 7. The molecule has 0 saturated heterocycles. The standard InChI is InChI=1S/C33H19/c1-3-12-23-21(10-1)22-11-2-4-13-24(22)32(23)30-19-18-29-26-15-6-9-20-8-5-14-25(31(20)26)27-16-7-17-28(30)33(27)29/h1-3,5-19,32H. The van der Waals surface area contributed by atoms with Crippen LogP contribution in [0.5, 0.6) is 0 Å². The first-order valence-corrected chi connectivity index (χ1v) is 11.6. The molecular formula is C33H19. The molecule has 0 aliphatic heterocycles. The lowest BCUT2D eigenvalue weighted by Crippen LogP contribution is -2.01. The van der Waals surface area contributed by atoms with Crippen molar-refractivity contribution >= 4 is 43.1 Å². The smallest absolute Gasteiger partial charge is 0.0358 e. The van der Waals surface area contributed by atoms with Crippen molar-refractivity contribution in [3.8, 4) is 11.1 Å². The summed E-state index contributed by atoms with van der Waals surface area (Å²) in [4.78, 5) is 0. The highest BCUT2D eigenvalue weighted by atomic mass is 14.3. The molecule has 33 heavy (non-hydrogen) atoms. The zero-order valence-corrected chi connectivity index (χ0v) is 18.0. The normalized spacial score (nSPS) is 13.3. The van der Waals surface area contributed by atoms with E-state index in [-0.39, 0.29) is 5.92 Å². The van der Waals surface area contributed by atoms with E-state index in [9.17, 15) is 0 Å². The van der Waals surface area contributed by atoms with Gasteiger partial charge < -0.3 is 0 Å². The van der Waals surface area contributed by atoms with Crippen LogP contribution in [-0.4, -0.2) is 0 Å². The average molecular weight is 416 g/mol. The summed E-state index contributed by atoms with van der Waals surface area (Å²) in [6, 6.07) is 43.6. The Balaban J connectivity index is 1.55. The quantitative estimate of drug-likeness (QED) is 0.186. The van der Waals surface area contributed by atoms with E-state index in [1.165, 1.54) is 70.9 Å². The van der Waals surface area contributed by atoms with Crippen LogP contribution in [0.25, 0.3) is 54.2 Å². The van der Waals surface area contributed by atoms with Crippen molar-refractivity contribution in [3.05, 3.63) is 132 Å². The minimum absolute atomic E-state index is 0.228. The fourth-order valence-corrected chi connectivity index (χ4v) is 6.34. The van der Waals surface area contributed by atoms with E-state index >= 15 is 0 Å². The maximum absolute atomic E-state index is 3.35. The second-order valence-electron chi connectivity index (χ2n) is 9.17. The molecule has 7 aromatic carbocycles. The van der Waals surface area contributed by atoms with Crippen LogP contribution in [0, 0.1) is 6.07 Å². The summed E-state index contributed by atoms with van der Waals surface area (Å²) in [6.45, 7) is 0. The molecule has 0 heterocycles. The molecule has 0 saturated carbocycles. The molecule has 1 radical (unpaired) electrons. The van der Waals surface area contributed by atoms with Gasteiger partial charge in [0.15, 0.2) is 0 Å². The molecule has 0 amide bonds. The minimum atomic E-state index is 0.228. The first-order chi connectivity index (χ1) is 16.4. The molecule has 151 valence electrons. The maximum atomic E-state index is 3.35. The summed E-state index contributed by atoms with van der Waals surface area (Å²) >= 11 is 0. The van der Waals surface area contributed by atoms with Gasteiger partial charge in [0.2, 0.25) is 0 Å². The van der Waals surface area contributed by atoms with E-state index in [1.807, 2.05) is 6.07 Å². The molecule has 0 bridgehead atoms. The van der Waals surface area contributed by atoms with Gasteiger partial charge in [-0.15, -0.1) is 0 Å². The molecular weight excluding hydrogens is 396 g/mol. The zero-order chi connectivity index (χ0) is 21.5. The Kier molecular flexibility index (Phi) is 3.27. The van der Waals surface area contributed by atoms with Crippen LogP contribution in [0.2, 0.25) is 0 Å². The second-order valence-corrected chi connectivity index (χ2v) is 9.17. The monoisotopic (exact) mass is 415 g/mol. The van der Waals surface area contributed by atoms with Gasteiger partial charge in [-0.2, -0.15) is 0 Å². The number of rotatable bonds is 1. The van der Waals surface area contributed by atoms with Crippen molar-refractivity contribution in [2.75, 3.05) is 0 Å². The largest absolute Gasteiger partial charge is 0.0619 e. The molecule has 0 fully saturated rings. The molecule has 0 heteroatoms. The van der Waals surface area contributed by atoms with Gasteiger partial charge in [-0.25, -0.2) is 0 Å². The summed E-state index contributed by atoms with van der Waals surface area (Å²) in [5.74, 6) is 0.228.